The van der Waals surface area contributed by atoms with Crippen LogP contribution >= 0.6 is 0 Å². The third-order valence-electron chi connectivity index (χ3n) is 5.28. The summed E-state index contributed by atoms with van der Waals surface area (Å²) in [5.74, 6) is -6.31. The molecule has 1 aromatic heterocycles. The highest BCUT2D eigenvalue weighted by Crippen LogP contribution is 2.53. The Balaban J connectivity index is 1.61. The number of hydrogen-bond acceptors (Lipinski definition) is 5. The molecule has 1 aromatic carbocycles. The summed E-state index contributed by atoms with van der Waals surface area (Å²) >= 11 is 0. The lowest BCUT2D eigenvalue weighted by Crippen LogP contribution is -2.35. The van der Waals surface area contributed by atoms with Gasteiger partial charge < -0.3 is 9.64 Å². The molecule has 4 heterocycles. The molecule has 140 valence electrons. The number of carbonyl (C=O) groups is 2. The number of nitrogens with zero attached hydrogens (tertiary/aromatic N) is 5. The van der Waals surface area contributed by atoms with E-state index in [0.29, 0.717) is 4.90 Å². The van der Waals surface area contributed by atoms with Crippen LogP contribution < -0.4 is 9.80 Å². The molecule has 3 aliphatic heterocycles. The van der Waals surface area contributed by atoms with Crippen molar-refractivity contribution in [2.75, 3.05) is 16.8 Å². The van der Waals surface area contributed by atoms with E-state index in [-0.39, 0.29) is 24.2 Å². The number of fused-ring (bicyclic) bond motifs is 5. The van der Waals surface area contributed by atoms with E-state index in [1.807, 2.05) is 0 Å². The zero-order valence-electron chi connectivity index (χ0n) is 13.9. The molecule has 2 aromatic rings. The number of ether oxygens (including phenoxy) is 1. The second-order valence-corrected chi connectivity index (χ2v) is 6.71. The van der Waals surface area contributed by atoms with Gasteiger partial charge in [0.25, 0.3) is 0 Å². The van der Waals surface area contributed by atoms with E-state index in [0.717, 1.165) is 13.1 Å². The Morgan fingerprint density at radius 2 is 2.15 bits per heavy atom. The van der Waals surface area contributed by atoms with Gasteiger partial charge in [-0.3, -0.25) is 9.69 Å². The first kappa shape index (κ1) is 16.1. The van der Waals surface area contributed by atoms with E-state index < -0.39 is 47.1 Å². The molecule has 11 heteroatoms. The van der Waals surface area contributed by atoms with Crippen LogP contribution in [0.3, 0.4) is 0 Å². The second-order valence-electron chi connectivity index (χ2n) is 6.71. The quantitative estimate of drug-likeness (QED) is 0.789. The minimum absolute atomic E-state index is 0.0186. The van der Waals surface area contributed by atoms with E-state index in [4.69, 9.17) is 4.74 Å². The highest BCUT2D eigenvalue weighted by atomic mass is 19.3. The largest absolute Gasteiger partial charge is 0.442 e. The first-order valence-corrected chi connectivity index (χ1v) is 8.16. The summed E-state index contributed by atoms with van der Waals surface area (Å²) < 4.78 is 50.5. The number of amides is 2. The number of aromatic nitrogens is 3. The van der Waals surface area contributed by atoms with Gasteiger partial charge in [-0.25, -0.2) is 13.9 Å². The molecule has 1 fully saturated rings. The summed E-state index contributed by atoms with van der Waals surface area (Å²) in [5.41, 5.74) is -0.984. The van der Waals surface area contributed by atoms with Crippen LogP contribution in [0.5, 0.6) is 0 Å². The average Bonchev–Trinajstić information content (AvgIpc) is 3.33. The number of likely N-dealkylation sites (N-methyl/N-ethyl adjacent to an activating group) is 1. The van der Waals surface area contributed by atoms with E-state index >= 15 is 0 Å². The smallest absolute Gasteiger partial charge is 0.415 e. The third kappa shape index (κ3) is 1.93. The number of halogens is 3. The van der Waals surface area contributed by atoms with Gasteiger partial charge >= 0.3 is 17.9 Å². The molecule has 0 spiro atoms. The molecule has 2 amide bonds. The highest BCUT2D eigenvalue weighted by Gasteiger charge is 2.58. The Morgan fingerprint density at radius 1 is 1.37 bits per heavy atom. The Kier molecular flexibility index (Phi) is 2.97. The van der Waals surface area contributed by atoms with E-state index in [2.05, 4.69) is 10.3 Å². The Bertz CT molecular complexity index is 994. The van der Waals surface area contributed by atoms with Gasteiger partial charge in [-0.15, -0.1) is 5.10 Å². The fourth-order valence-corrected chi connectivity index (χ4v) is 4.12. The van der Waals surface area contributed by atoms with Crippen molar-refractivity contribution in [3.63, 3.8) is 0 Å². The van der Waals surface area contributed by atoms with Crippen molar-refractivity contribution in [3.8, 4) is 0 Å². The Labute approximate surface area is 150 Å². The van der Waals surface area contributed by atoms with E-state index in [9.17, 15) is 22.8 Å². The van der Waals surface area contributed by atoms with E-state index in [1.165, 1.54) is 15.8 Å². The normalized spacial score (nSPS) is 24.9. The summed E-state index contributed by atoms with van der Waals surface area (Å²) in [7, 11) is 1.11. The fraction of sp³-hybridized carbons (Fsp3) is 0.375. The van der Waals surface area contributed by atoms with Gasteiger partial charge in [0.1, 0.15) is 11.9 Å². The number of cyclic esters (lactones) is 1. The maximum Gasteiger partial charge on any atom is 0.415 e. The molecule has 3 aliphatic rings. The molecule has 1 saturated heterocycles. The van der Waals surface area contributed by atoms with Crippen LogP contribution in [0.4, 0.5) is 29.3 Å². The van der Waals surface area contributed by atoms with Gasteiger partial charge in [0.15, 0.2) is 0 Å². The molecule has 2 atom stereocenters. The van der Waals surface area contributed by atoms with Crippen molar-refractivity contribution in [2.45, 2.75) is 31.0 Å². The van der Waals surface area contributed by atoms with Crippen LogP contribution in [0.1, 0.15) is 11.1 Å². The predicted octanol–water partition coefficient (Wildman–Crippen LogP) is 1.44. The molecule has 0 unspecified atom stereocenters. The monoisotopic (exact) mass is 379 g/mol. The van der Waals surface area contributed by atoms with Crippen molar-refractivity contribution in [1.82, 2.24) is 15.0 Å². The molecule has 0 saturated carbocycles. The number of benzene rings is 1. The zero-order valence-corrected chi connectivity index (χ0v) is 13.9. The van der Waals surface area contributed by atoms with Gasteiger partial charge in [-0.05, 0) is 12.0 Å². The molecule has 5 rings (SSSR count). The van der Waals surface area contributed by atoms with Gasteiger partial charge in [0, 0.05) is 19.3 Å². The molecule has 0 aliphatic carbocycles. The number of anilines is 2. The van der Waals surface area contributed by atoms with Gasteiger partial charge in [0.05, 0.1) is 35.7 Å². The van der Waals surface area contributed by atoms with Crippen LogP contribution in [0.25, 0.3) is 0 Å². The molecule has 8 nitrogen and oxygen atoms in total. The summed E-state index contributed by atoms with van der Waals surface area (Å²) in [4.78, 5) is 26.0. The van der Waals surface area contributed by atoms with Crippen LogP contribution in [0.15, 0.2) is 18.5 Å². The Hall–Kier alpha value is -3.11. The van der Waals surface area contributed by atoms with Crippen LogP contribution in [0.2, 0.25) is 0 Å². The standard InChI is InChI=1S/C16H12F3N5O3/c1-22-13-8(17)5-9-7(12(13)16(18,19)14(22)25)4-10-11(27-15(26)24(9)10)6-23-3-2-20-21-23/h2-3,5,10-11H,4,6H2,1H3/t10-,11-/m0/s1. The summed E-state index contributed by atoms with van der Waals surface area (Å²) in [6.07, 6.45) is 1.65. The molecule has 0 N–H and O–H groups in total. The minimum Gasteiger partial charge on any atom is -0.442 e. The molecule has 0 bridgehead atoms. The number of carbonyl (C=O) groups excluding carboxylic acids is 2. The van der Waals surface area contributed by atoms with Gasteiger partial charge in [-0.1, -0.05) is 5.21 Å². The number of alkyl halides is 2. The summed E-state index contributed by atoms with van der Waals surface area (Å²) in [6.45, 7) is 0.181. The molecular weight excluding hydrogens is 367 g/mol. The maximum atomic E-state index is 14.6. The number of hydrogen-bond donors (Lipinski definition) is 0. The van der Waals surface area contributed by atoms with Gasteiger partial charge in [0.2, 0.25) is 0 Å². The second kappa shape index (κ2) is 4.99. The van der Waals surface area contributed by atoms with Crippen molar-refractivity contribution in [2.24, 2.45) is 0 Å². The minimum atomic E-state index is -3.85. The van der Waals surface area contributed by atoms with Crippen LogP contribution in [-0.2, 0) is 28.4 Å². The average molecular weight is 379 g/mol. The lowest BCUT2D eigenvalue weighted by molar-refractivity contribution is -0.141. The van der Waals surface area contributed by atoms with Crippen LogP contribution in [0, 0.1) is 5.82 Å². The maximum absolute atomic E-state index is 14.6. The first-order valence-electron chi connectivity index (χ1n) is 8.16. The molecular formula is C16H12F3N5O3. The van der Waals surface area contributed by atoms with Crippen LogP contribution in [-0.4, -0.2) is 46.2 Å². The SMILES string of the molecule is CN1C(=O)C(F)(F)c2c3c(cc(F)c21)N1C(=O)O[C@@H](Cn2ccnn2)[C@@H]1C3. The lowest BCUT2D eigenvalue weighted by Gasteiger charge is -2.16. The van der Waals surface area contributed by atoms with Crippen molar-refractivity contribution < 1.29 is 27.5 Å². The summed E-state index contributed by atoms with van der Waals surface area (Å²) in [6, 6.07) is 0.415. The third-order valence-corrected chi connectivity index (χ3v) is 5.28. The van der Waals surface area contributed by atoms with E-state index in [1.54, 1.807) is 6.20 Å². The van der Waals surface area contributed by atoms with Crippen molar-refractivity contribution in [3.05, 3.63) is 35.4 Å². The fourth-order valence-electron chi connectivity index (χ4n) is 4.12. The zero-order chi connectivity index (χ0) is 19.1. The highest BCUT2D eigenvalue weighted by molar-refractivity contribution is 6.08. The molecule has 0 radical (unpaired) electrons. The van der Waals surface area contributed by atoms with Crippen molar-refractivity contribution in [1.29, 1.82) is 0 Å². The number of rotatable bonds is 2. The van der Waals surface area contributed by atoms with Crippen molar-refractivity contribution >= 4 is 23.4 Å². The summed E-state index contributed by atoms with van der Waals surface area (Å²) in [5, 5.41) is 7.48. The lowest BCUT2D eigenvalue weighted by atomic mass is 9.96. The first-order chi connectivity index (χ1) is 12.8. The predicted molar refractivity (Wildman–Crippen MR) is 84.0 cm³/mol. The Morgan fingerprint density at radius 3 is 2.85 bits per heavy atom. The molecule has 27 heavy (non-hydrogen) atoms. The topological polar surface area (TPSA) is 80.6 Å². The van der Waals surface area contributed by atoms with Gasteiger partial charge in [-0.2, -0.15) is 8.78 Å².